The highest BCUT2D eigenvalue weighted by Gasteiger charge is 2.42. The third-order valence-electron chi connectivity index (χ3n) is 3.45. The highest BCUT2D eigenvalue weighted by atomic mass is 19.1. The number of hydrogen-bond acceptors (Lipinski definition) is 2. The Bertz CT molecular complexity index is 424. The van der Waals surface area contributed by atoms with E-state index >= 15 is 0 Å². The van der Waals surface area contributed by atoms with Crippen molar-refractivity contribution < 1.29 is 9.13 Å². The van der Waals surface area contributed by atoms with Crippen molar-refractivity contribution >= 4 is 0 Å². The molecule has 2 rings (SSSR count). The second-order valence-electron chi connectivity index (χ2n) is 4.55. The molecule has 0 amide bonds. The van der Waals surface area contributed by atoms with E-state index in [1.807, 2.05) is 6.92 Å². The summed E-state index contributed by atoms with van der Waals surface area (Å²) in [6.07, 6.45) is 2.69. The van der Waals surface area contributed by atoms with Gasteiger partial charge in [-0.1, -0.05) is 6.92 Å². The van der Waals surface area contributed by atoms with Gasteiger partial charge in [-0.3, -0.25) is 0 Å². The summed E-state index contributed by atoms with van der Waals surface area (Å²) in [5.74, 6) is 0.440. The molecule has 1 aliphatic carbocycles. The first kappa shape index (κ1) is 11.4. The van der Waals surface area contributed by atoms with Gasteiger partial charge in [0, 0.05) is 11.1 Å². The number of ether oxygens (including phenoxy) is 1. The van der Waals surface area contributed by atoms with Crippen molar-refractivity contribution in [2.75, 3.05) is 7.11 Å². The van der Waals surface area contributed by atoms with Crippen LogP contribution in [0.4, 0.5) is 4.39 Å². The molecule has 0 heterocycles. The number of rotatable bonds is 3. The van der Waals surface area contributed by atoms with Crippen molar-refractivity contribution in [3.05, 3.63) is 28.6 Å². The minimum atomic E-state index is -0.312. The Labute approximate surface area is 95.6 Å². The smallest absolute Gasteiger partial charge is 0.130 e. The molecule has 1 fully saturated rings. The number of nitrogens with two attached hydrogens (primary N) is 1. The molecule has 0 spiro atoms. The van der Waals surface area contributed by atoms with Gasteiger partial charge < -0.3 is 10.5 Å². The highest BCUT2D eigenvalue weighted by Crippen LogP contribution is 2.47. The number of hydrogen-bond donors (Lipinski definition) is 1. The Kier molecular flexibility index (Phi) is 2.66. The van der Waals surface area contributed by atoms with Gasteiger partial charge in [-0.2, -0.15) is 0 Å². The van der Waals surface area contributed by atoms with Crippen LogP contribution in [0.2, 0.25) is 0 Å². The zero-order valence-electron chi connectivity index (χ0n) is 10.1. The lowest BCUT2D eigenvalue weighted by atomic mass is 9.93. The number of halogens is 1. The van der Waals surface area contributed by atoms with E-state index in [1.54, 1.807) is 20.1 Å². The molecule has 0 aromatic heterocycles. The lowest BCUT2D eigenvalue weighted by Gasteiger charge is -2.19. The maximum atomic E-state index is 13.8. The van der Waals surface area contributed by atoms with Crippen LogP contribution in [-0.4, -0.2) is 7.11 Å². The van der Waals surface area contributed by atoms with Gasteiger partial charge in [0.2, 0.25) is 0 Å². The Hall–Kier alpha value is -1.09. The van der Waals surface area contributed by atoms with Gasteiger partial charge in [0.15, 0.2) is 0 Å². The van der Waals surface area contributed by atoms with Crippen molar-refractivity contribution in [3.8, 4) is 5.75 Å². The molecule has 16 heavy (non-hydrogen) atoms. The van der Waals surface area contributed by atoms with E-state index in [1.165, 1.54) is 0 Å². The molecule has 0 atom stereocenters. The zero-order chi connectivity index (χ0) is 11.9. The molecule has 0 bridgehead atoms. The van der Waals surface area contributed by atoms with E-state index < -0.39 is 0 Å². The average molecular weight is 223 g/mol. The van der Waals surface area contributed by atoms with Crippen LogP contribution >= 0.6 is 0 Å². The monoisotopic (exact) mass is 223 g/mol. The number of methoxy groups -OCH3 is 1. The number of benzene rings is 1. The Morgan fingerprint density at radius 1 is 1.50 bits per heavy atom. The molecule has 0 aliphatic heterocycles. The fourth-order valence-electron chi connectivity index (χ4n) is 2.25. The summed E-state index contributed by atoms with van der Waals surface area (Å²) in [5, 5.41) is 0. The van der Waals surface area contributed by atoms with E-state index in [4.69, 9.17) is 10.5 Å². The molecule has 0 unspecified atom stereocenters. The topological polar surface area (TPSA) is 35.2 Å². The second-order valence-corrected chi connectivity index (χ2v) is 4.55. The predicted molar refractivity (Wildman–Crippen MR) is 62.2 cm³/mol. The molecule has 1 saturated carbocycles. The summed E-state index contributed by atoms with van der Waals surface area (Å²) in [5.41, 5.74) is 8.41. The van der Waals surface area contributed by atoms with E-state index in [-0.39, 0.29) is 11.4 Å². The fraction of sp³-hybridized carbons (Fsp3) is 0.538. The molecule has 1 aromatic carbocycles. The molecular formula is C13H18FNO. The van der Waals surface area contributed by atoms with E-state index in [0.717, 1.165) is 30.4 Å². The molecule has 1 aliphatic rings. The predicted octanol–water partition coefficient (Wildman–Crippen LogP) is 2.65. The van der Waals surface area contributed by atoms with Crippen LogP contribution in [0.5, 0.6) is 5.75 Å². The van der Waals surface area contributed by atoms with Crippen LogP contribution in [0, 0.1) is 12.7 Å². The van der Waals surface area contributed by atoms with Crippen molar-refractivity contribution in [3.63, 3.8) is 0 Å². The van der Waals surface area contributed by atoms with Crippen molar-refractivity contribution in [2.24, 2.45) is 5.73 Å². The van der Waals surface area contributed by atoms with E-state index in [9.17, 15) is 4.39 Å². The van der Waals surface area contributed by atoms with Crippen LogP contribution in [0.25, 0.3) is 0 Å². The third-order valence-corrected chi connectivity index (χ3v) is 3.45. The van der Waals surface area contributed by atoms with Crippen LogP contribution in [0.15, 0.2) is 6.07 Å². The van der Waals surface area contributed by atoms with Gasteiger partial charge in [-0.05, 0) is 43.4 Å². The van der Waals surface area contributed by atoms with Gasteiger partial charge in [0.05, 0.1) is 7.11 Å². The van der Waals surface area contributed by atoms with Gasteiger partial charge in [-0.25, -0.2) is 4.39 Å². The second kappa shape index (κ2) is 3.74. The van der Waals surface area contributed by atoms with Gasteiger partial charge in [0.25, 0.3) is 0 Å². The molecule has 2 N–H and O–H groups in total. The Balaban J connectivity index is 2.64. The summed E-state index contributed by atoms with van der Waals surface area (Å²) < 4.78 is 19.1. The Morgan fingerprint density at radius 3 is 2.56 bits per heavy atom. The fourth-order valence-corrected chi connectivity index (χ4v) is 2.25. The first-order valence-corrected chi connectivity index (χ1v) is 5.69. The molecule has 3 heteroatoms. The van der Waals surface area contributed by atoms with Crippen molar-refractivity contribution in [1.29, 1.82) is 0 Å². The van der Waals surface area contributed by atoms with Gasteiger partial charge in [0.1, 0.15) is 11.6 Å². The van der Waals surface area contributed by atoms with E-state index in [0.29, 0.717) is 11.3 Å². The van der Waals surface area contributed by atoms with Crippen LogP contribution in [-0.2, 0) is 12.0 Å². The minimum Gasteiger partial charge on any atom is -0.496 e. The van der Waals surface area contributed by atoms with Crippen LogP contribution in [0.3, 0.4) is 0 Å². The first-order valence-electron chi connectivity index (χ1n) is 5.69. The minimum absolute atomic E-state index is 0.222. The highest BCUT2D eigenvalue weighted by molar-refractivity contribution is 5.51. The van der Waals surface area contributed by atoms with Gasteiger partial charge >= 0.3 is 0 Å². The zero-order valence-corrected chi connectivity index (χ0v) is 10.1. The lowest BCUT2D eigenvalue weighted by molar-refractivity contribution is 0.400. The summed E-state index contributed by atoms with van der Waals surface area (Å²) in [6.45, 7) is 3.79. The van der Waals surface area contributed by atoms with Crippen LogP contribution < -0.4 is 10.5 Å². The van der Waals surface area contributed by atoms with Crippen molar-refractivity contribution in [2.45, 2.75) is 38.6 Å². The first-order chi connectivity index (χ1) is 7.53. The van der Waals surface area contributed by atoms with Crippen molar-refractivity contribution in [1.82, 2.24) is 0 Å². The summed E-state index contributed by atoms with van der Waals surface area (Å²) in [4.78, 5) is 0. The normalized spacial score (nSPS) is 17.3. The van der Waals surface area contributed by atoms with Crippen LogP contribution in [0.1, 0.15) is 36.5 Å². The Morgan fingerprint density at radius 2 is 2.12 bits per heavy atom. The molecular weight excluding hydrogens is 205 g/mol. The summed E-state index contributed by atoms with van der Waals surface area (Å²) >= 11 is 0. The summed E-state index contributed by atoms with van der Waals surface area (Å²) in [6, 6.07) is 1.59. The standard InChI is InChI=1S/C13H18FNO/c1-4-9-10(13(15)5-6-13)7-11(14)8(2)12(9)16-3/h7H,4-6,15H2,1-3H3. The largest absolute Gasteiger partial charge is 0.496 e. The maximum Gasteiger partial charge on any atom is 0.130 e. The average Bonchev–Trinajstić information content (AvgIpc) is 3.00. The molecule has 0 radical (unpaired) electrons. The molecule has 0 saturated heterocycles. The lowest BCUT2D eigenvalue weighted by Crippen LogP contribution is -2.21. The third kappa shape index (κ3) is 1.59. The molecule has 88 valence electrons. The quantitative estimate of drug-likeness (QED) is 0.855. The SMILES string of the molecule is CCc1c(C2(N)CC2)cc(F)c(C)c1OC. The summed E-state index contributed by atoms with van der Waals surface area (Å²) in [7, 11) is 1.58. The molecule has 1 aromatic rings. The molecule has 2 nitrogen and oxygen atoms in total. The van der Waals surface area contributed by atoms with E-state index in [2.05, 4.69) is 0 Å². The maximum absolute atomic E-state index is 13.8. The van der Waals surface area contributed by atoms with Gasteiger partial charge in [-0.15, -0.1) is 0 Å².